The van der Waals surface area contributed by atoms with Crippen LogP contribution in [0.5, 0.6) is 0 Å². The molecule has 0 heterocycles. The van der Waals surface area contributed by atoms with Gasteiger partial charge >= 0.3 is 0 Å². The van der Waals surface area contributed by atoms with Crippen molar-refractivity contribution >= 4 is 37.5 Å². The van der Waals surface area contributed by atoms with Crippen LogP contribution in [0.2, 0.25) is 0 Å². The highest BCUT2D eigenvalue weighted by Crippen LogP contribution is 2.19. The summed E-state index contributed by atoms with van der Waals surface area (Å²) in [6.07, 6.45) is 2.11. The van der Waals surface area contributed by atoms with Gasteiger partial charge in [0.1, 0.15) is 0 Å². The van der Waals surface area contributed by atoms with Gasteiger partial charge < -0.3 is 5.32 Å². The Morgan fingerprint density at radius 1 is 1.37 bits per heavy atom. The highest BCUT2D eigenvalue weighted by molar-refractivity contribution is 9.09. The highest BCUT2D eigenvalue weighted by atomic mass is 79.9. The number of carbonyl (C=O) groups is 1. The SMILES string of the molecule is Cc1ccc(S(N)(=O)=O)cc1NC(=O)CCCCBr. The molecule has 0 unspecified atom stereocenters. The average molecular weight is 349 g/mol. The fraction of sp³-hybridized carbons (Fsp3) is 0.417. The van der Waals surface area contributed by atoms with Crippen molar-refractivity contribution in [3.05, 3.63) is 23.8 Å². The minimum atomic E-state index is -3.76. The molecule has 0 spiro atoms. The van der Waals surface area contributed by atoms with Crippen LogP contribution < -0.4 is 10.5 Å². The number of nitrogens with two attached hydrogens (primary N) is 1. The summed E-state index contributed by atoms with van der Waals surface area (Å²) in [4.78, 5) is 11.7. The van der Waals surface area contributed by atoms with Crippen LogP contribution in [0.4, 0.5) is 5.69 Å². The predicted octanol–water partition coefficient (Wildman–Crippen LogP) is 2.15. The van der Waals surface area contributed by atoms with Gasteiger partial charge in [-0.1, -0.05) is 22.0 Å². The molecular weight excluding hydrogens is 332 g/mol. The Morgan fingerprint density at radius 3 is 2.63 bits per heavy atom. The number of alkyl halides is 1. The quantitative estimate of drug-likeness (QED) is 0.609. The van der Waals surface area contributed by atoms with Gasteiger partial charge in [0.05, 0.1) is 4.90 Å². The number of unbranched alkanes of at least 4 members (excludes halogenated alkanes) is 1. The predicted molar refractivity (Wildman–Crippen MR) is 78.8 cm³/mol. The fourth-order valence-corrected chi connectivity index (χ4v) is 2.44. The van der Waals surface area contributed by atoms with Crippen molar-refractivity contribution < 1.29 is 13.2 Å². The molecule has 0 atom stereocenters. The minimum absolute atomic E-state index is 0.00569. The number of halogens is 1. The average Bonchev–Trinajstić information content (AvgIpc) is 2.31. The second-order valence-electron chi connectivity index (χ2n) is 4.22. The highest BCUT2D eigenvalue weighted by Gasteiger charge is 2.11. The standard InChI is InChI=1S/C12H17BrN2O3S/c1-9-5-6-10(19(14,17)18)8-11(9)15-12(16)4-2-3-7-13/h5-6,8H,2-4,7H2,1H3,(H,15,16)(H2,14,17,18). The van der Waals surface area contributed by atoms with Crippen molar-refractivity contribution in [3.63, 3.8) is 0 Å². The van der Waals surface area contributed by atoms with E-state index in [0.29, 0.717) is 12.1 Å². The number of anilines is 1. The van der Waals surface area contributed by atoms with Crippen molar-refractivity contribution in [2.24, 2.45) is 5.14 Å². The van der Waals surface area contributed by atoms with Gasteiger partial charge in [0.25, 0.3) is 0 Å². The molecule has 3 N–H and O–H groups in total. The zero-order chi connectivity index (χ0) is 14.5. The van der Waals surface area contributed by atoms with Crippen LogP contribution in [0.1, 0.15) is 24.8 Å². The number of rotatable bonds is 6. The summed E-state index contributed by atoms with van der Waals surface area (Å²) in [5.74, 6) is -0.129. The number of nitrogens with one attached hydrogen (secondary N) is 1. The van der Waals surface area contributed by atoms with Crippen molar-refractivity contribution in [3.8, 4) is 0 Å². The molecule has 0 aliphatic carbocycles. The van der Waals surface area contributed by atoms with E-state index < -0.39 is 10.0 Å². The first-order chi connectivity index (χ1) is 8.84. The zero-order valence-corrected chi connectivity index (χ0v) is 13.1. The fourth-order valence-electron chi connectivity index (χ4n) is 1.51. The van der Waals surface area contributed by atoms with Gasteiger partial charge in [0.15, 0.2) is 0 Å². The van der Waals surface area contributed by atoms with Gasteiger partial charge in [0.2, 0.25) is 15.9 Å². The third-order valence-electron chi connectivity index (χ3n) is 2.60. The van der Waals surface area contributed by atoms with Crippen LogP contribution in [0.25, 0.3) is 0 Å². The monoisotopic (exact) mass is 348 g/mol. The third-order valence-corrected chi connectivity index (χ3v) is 4.07. The maximum Gasteiger partial charge on any atom is 0.238 e. The van der Waals surface area contributed by atoms with Gasteiger partial charge in [-0.25, -0.2) is 13.6 Å². The van der Waals surface area contributed by atoms with Gasteiger partial charge in [-0.3, -0.25) is 4.79 Å². The smallest absolute Gasteiger partial charge is 0.238 e. The number of aryl methyl sites for hydroxylation is 1. The maximum absolute atomic E-state index is 11.7. The van der Waals surface area contributed by atoms with Crippen LogP contribution in [-0.4, -0.2) is 19.7 Å². The number of sulfonamides is 1. The van der Waals surface area contributed by atoms with Crippen LogP contribution in [0, 0.1) is 6.92 Å². The summed E-state index contributed by atoms with van der Waals surface area (Å²) < 4.78 is 22.5. The molecule has 1 amide bonds. The van der Waals surface area contributed by atoms with Crippen molar-refractivity contribution in [1.82, 2.24) is 0 Å². The Balaban J connectivity index is 2.80. The molecule has 0 bridgehead atoms. The van der Waals surface area contributed by atoms with Crippen LogP contribution in [-0.2, 0) is 14.8 Å². The lowest BCUT2D eigenvalue weighted by Crippen LogP contribution is -2.15. The summed E-state index contributed by atoms with van der Waals surface area (Å²) in [6, 6.07) is 4.42. The summed E-state index contributed by atoms with van der Waals surface area (Å²) in [6.45, 7) is 1.79. The summed E-state index contributed by atoms with van der Waals surface area (Å²) in [5, 5.41) is 8.63. The molecular formula is C12H17BrN2O3S. The van der Waals surface area contributed by atoms with Crippen molar-refractivity contribution in [2.45, 2.75) is 31.1 Å². The molecule has 0 saturated heterocycles. The number of amides is 1. The second-order valence-corrected chi connectivity index (χ2v) is 6.57. The van der Waals surface area contributed by atoms with E-state index in [1.165, 1.54) is 12.1 Å². The van der Waals surface area contributed by atoms with Gasteiger partial charge in [-0.15, -0.1) is 0 Å². The van der Waals surface area contributed by atoms with E-state index in [-0.39, 0.29) is 10.8 Å². The molecule has 7 heteroatoms. The minimum Gasteiger partial charge on any atom is -0.326 e. The number of hydrogen-bond acceptors (Lipinski definition) is 3. The van der Waals surface area contributed by atoms with E-state index in [0.717, 1.165) is 23.7 Å². The van der Waals surface area contributed by atoms with Crippen LogP contribution in [0.3, 0.4) is 0 Å². The summed E-state index contributed by atoms with van der Waals surface area (Å²) in [5.41, 5.74) is 1.27. The maximum atomic E-state index is 11.7. The molecule has 0 aromatic heterocycles. The number of hydrogen-bond donors (Lipinski definition) is 2. The van der Waals surface area contributed by atoms with Crippen molar-refractivity contribution in [1.29, 1.82) is 0 Å². The molecule has 0 saturated carbocycles. The van der Waals surface area contributed by atoms with Gasteiger partial charge in [-0.05, 0) is 37.5 Å². The zero-order valence-electron chi connectivity index (χ0n) is 10.6. The Bertz CT molecular complexity index is 558. The van der Waals surface area contributed by atoms with E-state index in [2.05, 4.69) is 21.2 Å². The van der Waals surface area contributed by atoms with Crippen LogP contribution >= 0.6 is 15.9 Å². The first kappa shape index (κ1) is 16.1. The lowest BCUT2D eigenvalue weighted by Gasteiger charge is -2.09. The number of carbonyl (C=O) groups excluding carboxylic acids is 1. The molecule has 5 nitrogen and oxygen atoms in total. The Kier molecular flexibility index (Phi) is 5.96. The topological polar surface area (TPSA) is 89.3 Å². The molecule has 1 rings (SSSR count). The van der Waals surface area contributed by atoms with Crippen molar-refractivity contribution in [2.75, 3.05) is 10.6 Å². The first-order valence-electron chi connectivity index (χ1n) is 5.84. The largest absolute Gasteiger partial charge is 0.326 e. The summed E-state index contributed by atoms with van der Waals surface area (Å²) >= 11 is 3.30. The van der Waals surface area contributed by atoms with E-state index in [1.807, 2.05) is 0 Å². The first-order valence-corrected chi connectivity index (χ1v) is 8.50. The van der Waals surface area contributed by atoms with E-state index in [1.54, 1.807) is 13.0 Å². The third kappa shape index (κ3) is 5.30. The number of primary sulfonamides is 1. The van der Waals surface area contributed by atoms with E-state index in [4.69, 9.17) is 5.14 Å². The molecule has 1 aromatic rings. The molecule has 0 aliphatic heterocycles. The lowest BCUT2D eigenvalue weighted by molar-refractivity contribution is -0.116. The second kappa shape index (κ2) is 7.02. The van der Waals surface area contributed by atoms with Crippen LogP contribution in [0.15, 0.2) is 23.1 Å². The molecule has 106 valence electrons. The Hall–Kier alpha value is -0.920. The van der Waals surface area contributed by atoms with Gasteiger partial charge in [-0.2, -0.15) is 0 Å². The summed E-state index contributed by atoms with van der Waals surface area (Å²) in [7, 11) is -3.76. The van der Waals surface area contributed by atoms with E-state index >= 15 is 0 Å². The van der Waals surface area contributed by atoms with E-state index in [9.17, 15) is 13.2 Å². The molecule has 0 aliphatic rings. The Labute approximate surface area is 121 Å². The normalized spacial score (nSPS) is 11.3. The molecule has 0 fully saturated rings. The molecule has 0 radical (unpaired) electrons. The lowest BCUT2D eigenvalue weighted by atomic mass is 10.2. The number of benzene rings is 1. The molecule has 1 aromatic carbocycles. The Morgan fingerprint density at radius 2 is 2.05 bits per heavy atom. The molecule has 19 heavy (non-hydrogen) atoms. The van der Waals surface area contributed by atoms with Gasteiger partial charge in [0, 0.05) is 17.4 Å².